The van der Waals surface area contributed by atoms with E-state index in [0.29, 0.717) is 45.3 Å². The average Bonchev–Trinajstić information content (AvgIpc) is 3.60. The smallest absolute Gasteiger partial charge is 0.315 e. The molecule has 1 atom stereocenters. The monoisotopic (exact) mass is 525 g/mol. The lowest BCUT2D eigenvalue weighted by Gasteiger charge is -2.22. The van der Waals surface area contributed by atoms with Gasteiger partial charge in [0.05, 0.1) is 25.0 Å². The van der Waals surface area contributed by atoms with E-state index >= 15 is 0 Å². The van der Waals surface area contributed by atoms with Gasteiger partial charge in [-0.15, -0.1) is 0 Å². The van der Waals surface area contributed by atoms with E-state index in [1.165, 1.54) is 17.7 Å². The standard InChI is InChI=1S/C28H32ClN3O5/c1-7-23(33)19-11-8-17(29)12-20(19)21-13-25(34)31(15-24(21)36-6)22-14-32(18-9-10-18)30-26(22)16(2)27(35)37-28(3,4)5/h8,11-16,18H,7,9-10H2,1-6H3. The molecule has 1 saturated carbocycles. The van der Waals surface area contributed by atoms with Crippen LogP contribution in [0.4, 0.5) is 0 Å². The van der Waals surface area contributed by atoms with Crippen LogP contribution in [0.1, 0.15) is 81.9 Å². The zero-order valence-corrected chi connectivity index (χ0v) is 22.8. The van der Waals surface area contributed by atoms with Gasteiger partial charge in [-0.2, -0.15) is 5.10 Å². The van der Waals surface area contributed by atoms with Crippen LogP contribution < -0.4 is 10.3 Å². The predicted molar refractivity (Wildman–Crippen MR) is 142 cm³/mol. The number of Topliss-reactive ketones (excluding diaryl/α,β-unsaturated/α-hetero) is 1. The average molecular weight is 526 g/mol. The molecule has 1 aliphatic carbocycles. The summed E-state index contributed by atoms with van der Waals surface area (Å²) in [6, 6.07) is 6.64. The second-order valence-electron chi connectivity index (χ2n) is 10.3. The van der Waals surface area contributed by atoms with Gasteiger partial charge in [0.1, 0.15) is 23.0 Å². The van der Waals surface area contributed by atoms with Crippen LogP contribution in [0.2, 0.25) is 5.02 Å². The number of esters is 1. The second kappa shape index (κ2) is 10.2. The molecule has 1 aromatic carbocycles. The minimum absolute atomic E-state index is 0.0721. The molecule has 0 amide bonds. The lowest BCUT2D eigenvalue weighted by Crippen LogP contribution is -2.28. The maximum Gasteiger partial charge on any atom is 0.315 e. The van der Waals surface area contributed by atoms with Gasteiger partial charge in [0.2, 0.25) is 0 Å². The first-order valence-corrected chi connectivity index (χ1v) is 12.8. The number of carbonyl (C=O) groups is 2. The first kappa shape index (κ1) is 26.7. The molecule has 9 heteroatoms. The molecule has 0 bridgehead atoms. The maximum absolute atomic E-state index is 13.5. The van der Waals surface area contributed by atoms with Crippen LogP contribution in [-0.2, 0) is 9.53 Å². The first-order valence-electron chi connectivity index (χ1n) is 12.4. The van der Waals surface area contributed by atoms with Gasteiger partial charge in [0.15, 0.2) is 5.78 Å². The highest BCUT2D eigenvalue weighted by molar-refractivity contribution is 6.31. The minimum atomic E-state index is -0.700. The Morgan fingerprint density at radius 3 is 2.46 bits per heavy atom. The lowest BCUT2D eigenvalue weighted by molar-refractivity contribution is -0.156. The Kier molecular flexibility index (Phi) is 7.33. The number of halogens is 1. The van der Waals surface area contributed by atoms with Gasteiger partial charge in [0, 0.05) is 34.8 Å². The summed E-state index contributed by atoms with van der Waals surface area (Å²) in [5, 5.41) is 5.13. The number of benzene rings is 1. The van der Waals surface area contributed by atoms with Crippen LogP contribution in [0.25, 0.3) is 16.8 Å². The number of hydrogen-bond donors (Lipinski definition) is 0. The highest BCUT2D eigenvalue weighted by atomic mass is 35.5. The first-order chi connectivity index (χ1) is 17.4. The molecule has 2 aromatic heterocycles. The van der Waals surface area contributed by atoms with Gasteiger partial charge >= 0.3 is 5.97 Å². The zero-order chi connectivity index (χ0) is 27.1. The van der Waals surface area contributed by atoms with Gasteiger partial charge in [-0.25, -0.2) is 0 Å². The van der Waals surface area contributed by atoms with Gasteiger partial charge < -0.3 is 9.47 Å². The predicted octanol–water partition coefficient (Wildman–Crippen LogP) is 5.74. The number of rotatable bonds is 8. The number of ether oxygens (including phenoxy) is 2. The van der Waals surface area contributed by atoms with Crippen molar-refractivity contribution in [2.24, 2.45) is 0 Å². The molecule has 2 heterocycles. The van der Waals surface area contributed by atoms with Crippen molar-refractivity contribution < 1.29 is 19.1 Å². The van der Waals surface area contributed by atoms with Gasteiger partial charge in [0.25, 0.3) is 5.56 Å². The molecule has 4 rings (SSSR count). The van der Waals surface area contributed by atoms with E-state index in [0.717, 1.165) is 12.8 Å². The fourth-order valence-electron chi connectivity index (χ4n) is 4.17. The summed E-state index contributed by atoms with van der Waals surface area (Å²) in [4.78, 5) is 39.1. The van der Waals surface area contributed by atoms with Crippen LogP contribution >= 0.6 is 11.6 Å². The Morgan fingerprint density at radius 1 is 1.16 bits per heavy atom. The summed E-state index contributed by atoms with van der Waals surface area (Å²) in [5.41, 5.74) is 1.35. The van der Waals surface area contributed by atoms with E-state index in [1.54, 1.807) is 44.4 Å². The summed E-state index contributed by atoms with van der Waals surface area (Å²) in [6.45, 7) is 8.93. The third-order valence-corrected chi connectivity index (χ3v) is 6.46. The van der Waals surface area contributed by atoms with Crippen LogP contribution in [-0.4, -0.2) is 38.8 Å². The Balaban J connectivity index is 1.86. The van der Waals surface area contributed by atoms with Gasteiger partial charge in [-0.1, -0.05) is 18.5 Å². The lowest BCUT2D eigenvalue weighted by atomic mass is 9.96. The van der Waals surface area contributed by atoms with Crippen molar-refractivity contribution in [3.8, 4) is 22.6 Å². The molecular formula is C28H32ClN3O5. The highest BCUT2D eigenvalue weighted by Crippen LogP contribution is 2.38. The zero-order valence-electron chi connectivity index (χ0n) is 22.0. The van der Waals surface area contributed by atoms with E-state index in [2.05, 4.69) is 5.10 Å². The minimum Gasteiger partial charge on any atom is -0.495 e. The van der Waals surface area contributed by atoms with Crippen molar-refractivity contribution in [3.05, 3.63) is 63.3 Å². The molecule has 1 unspecified atom stereocenters. The van der Waals surface area contributed by atoms with E-state index in [9.17, 15) is 14.4 Å². The molecule has 0 aliphatic heterocycles. The van der Waals surface area contributed by atoms with E-state index in [4.69, 9.17) is 21.1 Å². The SMILES string of the molecule is CCC(=O)c1ccc(Cl)cc1-c1cc(=O)n(-c2cn(C3CC3)nc2C(C)C(=O)OC(C)(C)C)cc1OC. The maximum atomic E-state index is 13.5. The van der Waals surface area contributed by atoms with Gasteiger partial charge in [-0.05, 0) is 64.3 Å². The molecule has 1 aliphatic rings. The molecule has 0 spiro atoms. The topological polar surface area (TPSA) is 92.4 Å². The van der Waals surface area contributed by atoms with Crippen molar-refractivity contribution in [2.45, 2.75) is 71.4 Å². The van der Waals surface area contributed by atoms with E-state index < -0.39 is 17.5 Å². The molecule has 196 valence electrons. The quantitative estimate of drug-likeness (QED) is 0.275. The van der Waals surface area contributed by atoms with Crippen LogP contribution in [0.3, 0.4) is 0 Å². The van der Waals surface area contributed by atoms with Crippen LogP contribution in [0.15, 0.2) is 41.5 Å². The Morgan fingerprint density at radius 2 is 1.86 bits per heavy atom. The van der Waals surface area contributed by atoms with Crippen molar-refractivity contribution >= 4 is 23.4 Å². The number of pyridine rings is 1. The molecule has 0 saturated heterocycles. The number of ketones is 1. The number of aromatic nitrogens is 3. The third kappa shape index (κ3) is 5.64. The molecule has 0 radical (unpaired) electrons. The number of methoxy groups -OCH3 is 1. The number of carbonyl (C=O) groups excluding carboxylic acids is 2. The summed E-state index contributed by atoms with van der Waals surface area (Å²) >= 11 is 6.26. The summed E-state index contributed by atoms with van der Waals surface area (Å²) < 4.78 is 14.5. The summed E-state index contributed by atoms with van der Waals surface area (Å²) in [6.07, 6.45) is 5.64. The molecule has 0 N–H and O–H groups in total. The Hall–Kier alpha value is -3.39. The fourth-order valence-corrected chi connectivity index (χ4v) is 4.34. The summed E-state index contributed by atoms with van der Waals surface area (Å²) in [7, 11) is 1.50. The van der Waals surface area contributed by atoms with Gasteiger partial charge in [-0.3, -0.25) is 23.6 Å². The molecular weight excluding hydrogens is 494 g/mol. The fraction of sp³-hybridized carbons (Fsp3) is 0.429. The van der Waals surface area contributed by atoms with Crippen LogP contribution in [0, 0.1) is 0 Å². The molecule has 1 fully saturated rings. The van der Waals surface area contributed by atoms with Crippen molar-refractivity contribution in [3.63, 3.8) is 0 Å². The van der Waals surface area contributed by atoms with Crippen molar-refractivity contribution in [1.29, 1.82) is 0 Å². The van der Waals surface area contributed by atoms with E-state index in [-0.39, 0.29) is 17.4 Å². The van der Waals surface area contributed by atoms with E-state index in [1.807, 2.05) is 25.5 Å². The largest absolute Gasteiger partial charge is 0.495 e. The summed E-state index contributed by atoms with van der Waals surface area (Å²) in [5.74, 6) is -0.819. The normalized spacial score (nSPS) is 14.4. The molecule has 3 aromatic rings. The highest BCUT2D eigenvalue weighted by Gasteiger charge is 2.32. The van der Waals surface area contributed by atoms with Crippen molar-refractivity contribution in [1.82, 2.24) is 14.3 Å². The number of nitrogens with zero attached hydrogens (tertiary/aromatic N) is 3. The molecule has 8 nitrogen and oxygen atoms in total. The third-order valence-electron chi connectivity index (χ3n) is 6.22. The van der Waals surface area contributed by atoms with Crippen molar-refractivity contribution in [2.75, 3.05) is 7.11 Å². The Labute approximate surface area is 221 Å². The second-order valence-corrected chi connectivity index (χ2v) is 10.7. The number of hydrogen-bond acceptors (Lipinski definition) is 6. The van der Waals surface area contributed by atoms with Crippen LogP contribution in [0.5, 0.6) is 5.75 Å². The molecule has 37 heavy (non-hydrogen) atoms. The Bertz CT molecular complexity index is 1410.